The SMILES string of the molecule is CC(C)(C)OC(=O)N1CCN(c2nc(N3CCN(c4ccccc4Cl)CC3)nc(N3CCOCC3)c2F)CC1. The van der Waals surface area contributed by atoms with Crippen LogP contribution in [-0.2, 0) is 9.47 Å². The lowest BCUT2D eigenvalue weighted by Crippen LogP contribution is -2.51. The molecule has 39 heavy (non-hydrogen) atoms. The largest absolute Gasteiger partial charge is 0.444 e. The van der Waals surface area contributed by atoms with Gasteiger partial charge in [-0.3, -0.25) is 0 Å². The number of carbonyl (C=O) groups excluding carboxylic acids is 1. The van der Waals surface area contributed by atoms with E-state index < -0.39 is 11.4 Å². The van der Waals surface area contributed by atoms with Crippen LogP contribution in [0.3, 0.4) is 0 Å². The lowest BCUT2D eigenvalue weighted by atomic mass is 10.2. The van der Waals surface area contributed by atoms with Gasteiger partial charge in [0.05, 0.1) is 23.9 Å². The van der Waals surface area contributed by atoms with Crippen molar-refractivity contribution in [3.05, 3.63) is 35.1 Å². The van der Waals surface area contributed by atoms with Crippen LogP contribution in [0.2, 0.25) is 5.02 Å². The van der Waals surface area contributed by atoms with Crippen LogP contribution in [0.4, 0.5) is 32.5 Å². The number of halogens is 2. The molecular weight excluding hydrogens is 525 g/mol. The van der Waals surface area contributed by atoms with E-state index in [9.17, 15) is 4.79 Å². The van der Waals surface area contributed by atoms with Gasteiger partial charge in [-0.05, 0) is 32.9 Å². The van der Waals surface area contributed by atoms with Crippen LogP contribution < -0.4 is 19.6 Å². The van der Waals surface area contributed by atoms with Crippen molar-refractivity contribution in [1.29, 1.82) is 0 Å². The summed E-state index contributed by atoms with van der Waals surface area (Å²) in [5, 5.41) is 0.728. The van der Waals surface area contributed by atoms with Crippen LogP contribution in [0.15, 0.2) is 24.3 Å². The van der Waals surface area contributed by atoms with Gasteiger partial charge in [-0.1, -0.05) is 23.7 Å². The molecule has 2 aromatic rings. The predicted octanol–water partition coefficient (Wildman–Crippen LogP) is 3.49. The van der Waals surface area contributed by atoms with Crippen LogP contribution in [0.1, 0.15) is 20.8 Å². The van der Waals surface area contributed by atoms with E-state index in [4.69, 9.17) is 31.0 Å². The fourth-order valence-corrected chi connectivity index (χ4v) is 5.29. The van der Waals surface area contributed by atoms with Crippen molar-refractivity contribution in [1.82, 2.24) is 14.9 Å². The van der Waals surface area contributed by atoms with Crippen molar-refractivity contribution >= 4 is 41.0 Å². The van der Waals surface area contributed by atoms with E-state index in [1.54, 1.807) is 4.90 Å². The molecule has 5 rings (SSSR count). The lowest BCUT2D eigenvalue weighted by molar-refractivity contribution is 0.0240. The zero-order chi connectivity index (χ0) is 27.6. The molecule has 0 aliphatic carbocycles. The van der Waals surface area contributed by atoms with Gasteiger partial charge < -0.3 is 34.0 Å². The molecule has 1 aromatic heterocycles. The molecule has 0 atom stereocenters. The molecule has 3 fully saturated rings. The zero-order valence-electron chi connectivity index (χ0n) is 22.9. The van der Waals surface area contributed by atoms with Crippen LogP contribution in [0, 0.1) is 5.82 Å². The Morgan fingerprint density at radius 3 is 1.97 bits per heavy atom. The molecular formula is C27H37ClFN7O3. The first-order valence-corrected chi connectivity index (χ1v) is 13.9. The van der Waals surface area contributed by atoms with Crippen molar-refractivity contribution in [2.45, 2.75) is 26.4 Å². The van der Waals surface area contributed by atoms with E-state index in [-0.39, 0.29) is 11.9 Å². The molecule has 1 aromatic carbocycles. The minimum absolute atomic E-state index is 0.277. The first-order valence-electron chi connectivity index (χ1n) is 13.6. The van der Waals surface area contributed by atoms with Crippen molar-refractivity contribution in [3.63, 3.8) is 0 Å². The normalized spacial score (nSPS) is 18.9. The number of morpholine rings is 1. The number of para-hydroxylation sites is 1. The van der Waals surface area contributed by atoms with E-state index in [1.165, 1.54) is 0 Å². The lowest BCUT2D eigenvalue weighted by Gasteiger charge is -2.39. The number of carbonyl (C=O) groups is 1. The molecule has 1 amide bonds. The number of rotatable bonds is 4. The maximum Gasteiger partial charge on any atom is 0.410 e. The Morgan fingerprint density at radius 2 is 1.38 bits per heavy atom. The molecule has 212 valence electrons. The average molecular weight is 562 g/mol. The number of ether oxygens (including phenoxy) is 2. The molecule has 4 heterocycles. The molecule has 0 N–H and O–H groups in total. The maximum atomic E-state index is 16.0. The van der Waals surface area contributed by atoms with Gasteiger partial charge in [0.1, 0.15) is 5.60 Å². The standard InChI is InChI=1S/C27H37ClFN7O3/c1-27(2,3)39-26(37)36-14-10-33(11-15-36)23-22(29)24(34-16-18-38-19-17-34)31-25(30-23)35-12-8-32(9-13-35)21-7-5-4-6-20(21)28/h4-7H,8-19H2,1-3H3. The van der Waals surface area contributed by atoms with Gasteiger partial charge in [0, 0.05) is 65.4 Å². The van der Waals surface area contributed by atoms with E-state index in [1.807, 2.05) is 54.8 Å². The molecule has 0 saturated carbocycles. The smallest absolute Gasteiger partial charge is 0.410 e. The number of aromatic nitrogens is 2. The second kappa shape index (κ2) is 11.6. The monoisotopic (exact) mass is 561 g/mol. The quantitative estimate of drug-likeness (QED) is 0.557. The van der Waals surface area contributed by atoms with Gasteiger partial charge in [-0.15, -0.1) is 0 Å². The number of anilines is 4. The van der Waals surface area contributed by atoms with Crippen molar-refractivity contribution in [3.8, 4) is 0 Å². The summed E-state index contributed by atoms with van der Waals surface area (Å²) in [5.74, 6) is 0.669. The predicted molar refractivity (Wildman–Crippen MR) is 151 cm³/mol. The Kier molecular flexibility index (Phi) is 8.18. The van der Waals surface area contributed by atoms with Crippen LogP contribution in [-0.4, -0.2) is 105 Å². The average Bonchev–Trinajstić information content (AvgIpc) is 2.93. The highest BCUT2D eigenvalue weighted by Crippen LogP contribution is 2.31. The van der Waals surface area contributed by atoms with Crippen molar-refractivity contribution in [2.24, 2.45) is 0 Å². The molecule has 3 aliphatic heterocycles. The molecule has 10 nitrogen and oxygen atoms in total. The molecule has 0 radical (unpaired) electrons. The molecule has 12 heteroatoms. The number of piperazine rings is 2. The second-order valence-corrected chi connectivity index (χ2v) is 11.4. The summed E-state index contributed by atoms with van der Waals surface area (Å²) >= 11 is 6.43. The first-order chi connectivity index (χ1) is 18.7. The van der Waals surface area contributed by atoms with E-state index >= 15 is 4.39 Å². The van der Waals surface area contributed by atoms with Gasteiger partial charge in [0.25, 0.3) is 0 Å². The topological polar surface area (TPSA) is 77.5 Å². The third kappa shape index (κ3) is 6.41. The summed E-state index contributed by atoms with van der Waals surface area (Å²) < 4.78 is 27.0. The van der Waals surface area contributed by atoms with Crippen LogP contribution in [0.25, 0.3) is 0 Å². The second-order valence-electron chi connectivity index (χ2n) is 11.0. The van der Waals surface area contributed by atoms with Crippen LogP contribution >= 0.6 is 11.6 Å². The fourth-order valence-electron chi connectivity index (χ4n) is 5.03. The number of nitrogens with zero attached hydrogens (tertiary/aromatic N) is 7. The zero-order valence-corrected chi connectivity index (χ0v) is 23.7. The van der Waals surface area contributed by atoms with E-state index in [0.29, 0.717) is 77.3 Å². The van der Waals surface area contributed by atoms with E-state index in [2.05, 4.69) is 9.80 Å². The Balaban J connectivity index is 1.35. The number of hydrogen-bond acceptors (Lipinski definition) is 9. The van der Waals surface area contributed by atoms with Gasteiger partial charge in [-0.25, -0.2) is 4.79 Å². The molecule has 0 unspecified atom stereocenters. The van der Waals surface area contributed by atoms with Gasteiger partial charge in [-0.2, -0.15) is 14.4 Å². The maximum absolute atomic E-state index is 16.0. The van der Waals surface area contributed by atoms with Crippen LogP contribution in [0.5, 0.6) is 0 Å². The summed E-state index contributed by atoms with van der Waals surface area (Å²) in [6.45, 7) is 12.4. The fraction of sp³-hybridized carbons (Fsp3) is 0.593. The number of hydrogen-bond donors (Lipinski definition) is 0. The number of benzene rings is 1. The molecule has 3 aliphatic rings. The summed E-state index contributed by atoms with van der Waals surface area (Å²) in [6.07, 6.45) is -0.351. The Morgan fingerprint density at radius 1 is 0.846 bits per heavy atom. The van der Waals surface area contributed by atoms with Gasteiger partial charge in [0.15, 0.2) is 11.6 Å². The highest BCUT2D eigenvalue weighted by Gasteiger charge is 2.31. The first kappa shape index (κ1) is 27.5. The minimum atomic E-state index is -0.565. The number of amides is 1. The third-order valence-electron chi connectivity index (χ3n) is 7.10. The summed E-state index contributed by atoms with van der Waals surface area (Å²) in [7, 11) is 0. The molecule has 0 bridgehead atoms. The van der Waals surface area contributed by atoms with Gasteiger partial charge >= 0.3 is 6.09 Å². The third-order valence-corrected chi connectivity index (χ3v) is 7.42. The van der Waals surface area contributed by atoms with E-state index in [0.717, 1.165) is 23.8 Å². The minimum Gasteiger partial charge on any atom is -0.444 e. The highest BCUT2D eigenvalue weighted by molar-refractivity contribution is 6.33. The molecule has 0 spiro atoms. The van der Waals surface area contributed by atoms with Crippen molar-refractivity contribution < 1.29 is 18.7 Å². The Hall–Kier alpha value is -3.05. The molecule has 3 saturated heterocycles. The Labute approximate surface area is 234 Å². The Bertz CT molecular complexity index is 1160. The summed E-state index contributed by atoms with van der Waals surface area (Å²) in [5.41, 5.74) is 0.446. The summed E-state index contributed by atoms with van der Waals surface area (Å²) in [4.78, 5) is 31.9. The highest BCUT2D eigenvalue weighted by atomic mass is 35.5. The summed E-state index contributed by atoms with van der Waals surface area (Å²) in [6, 6.07) is 7.84. The van der Waals surface area contributed by atoms with Gasteiger partial charge in [0.2, 0.25) is 11.8 Å². The van der Waals surface area contributed by atoms with Crippen molar-refractivity contribution in [2.75, 3.05) is 98.3 Å².